The van der Waals surface area contributed by atoms with Crippen molar-refractivity contribution in [3.05, 3.63) is 84.9 Å². The molecule has 0 saturated heterocycles. The summed E-state index contributed by atoms with van der Waals surface area (Å²) in [6.07, 6.45) is 1.71. The highest BCUT2D eigenvalue weighted by Gasteiger charge is 2.29. The number of benzene rings is 3. The fourth-order valence-corrected chi connectivity index (χ4v) is 5.97. The predicted octanol–water partition coefficient (Wildman–Crippen LogP) is 4.78. The summed E-state index contributed by atoms with van der Waals surface area (Å²) in [6.45, 7) is 1.96. The average Bonchev–Trinajstić information content (AvgIpc) is 2.74. The van der Waals surface area contributed by atoms with Crippen LogP contribution >= 0.6 is 0 Å². The van der Waals surface area contributed by atoms with Crippen molar-refractivity contribution in [2.24, 2.45) is 0 Å². The summed E-state index contributed by atoms with van der Waals surface area (Å²) in [5, 5.41) is 0. The molecule has 0 aliphatic heterocycles. The maximum absolute atomic E-state index is 12.5. The van der Waals surface area contributed by atoms with Crippen LogP contribution in [0.1, 0.15) is 26.2 Å². The zero-order chi connectivity index (χ0) is 20.7. The fourth-order valence-electron chi connectivity index (χ4n) is 2.87. The van der Waals surface area contributed by atoms with Crippen molar-refractivity contribution in [1.29, 1.82) is 0 Å². The van der Waals surface area contributed by atoms with Crippen LogP contribution in [-0.4, -0.2) is 14.3 Å². The molecule has 29 heavy (non-hydrogen) atoms. The van der Waals surface area contributed by atoms with Gasteiger partial charge in [0.1, 0.15) is 0 Å². The molecule has 4 nitrogen and oxygen atoms in total. The summed E-state index contributed by atoms with van der Waals surface area (Å²) in [5.41, 5.74) is 0. The van der Waals surface area contributed by atoms with E-state index in [0.29, 0.717) is 6.42 Å². The van der Waals surface area contributed by atoms with E-state index in [1.807, 2.05) is 55.5 Å². The Morgan fingerprint density at radius 3 is 1.76 bits per heavy atom. The van der Waals surface area contributed by atoms with Crippen LogP contribution in [0.25, 0.3) is 0 Å². The first kappa shape index (κ1) is 21.1. The molecule has 0 atom stereocenters. The summed E-state index contributed by atoms with van der Waals surface area (Å²) in [6, 6.07) is 27.1. The van der Waals surface area contributed by atoms with E-state index in [4.69, 9.17) is 0 Å². The van der Waals surface area contributed by atoms with E-state index in [9.17, 15) is 13.2 Å². The van der Waals surface area contributed by atoms with Gasteiger partial charge in [-0.15, -0.1) is 0 Å². The molecular weight excluding hydrogens is 402 g/mol. The number of hydrogen-bond acceptors (Lipinski definition) is 3. The summed E-state index contributed by atoms with van der Waals surface area (Å²) < 4.78 is 27.1. The lowest BCUT2D eigenvalue weighted by Gasteiger charge is -2.10. The molecule has 6 heteroatoms. The van der Waals surface area contributed by atoms with E-state index >= 15 is 0 Å². The molecule has 150 valence electrons. The van der Waals surface area contributed by atoms with Gasteiger partial charge >= 0.3 is 0 Å². The molecule has 0 aliphatic carbocycles. The number of nitrogens with one attached hydrogen (secondary N) is 1. The highest BCUT2D eigenvalue weighted by molar-refractivity contribution is 7.97. The van der Waals surface area contributed by atoms with E-state index in [1.165, 1.54) is 0 Å². The first-order chi connectivity index (χ1) is 14.0. The third-order valence-corrected chi connectivity index (χ3v) is 7.95. The van der Waals surface area contributed by atoms with Gasteiger partial charge in [0.15, 0.2) is 14.7 Å². The Labute approximate surface area is 175 Å². The lowest BCUT2D eigenvalue weighted by Crippen LogP contribution is -2.30. The Morgan fingerprint density at radius 1 is 0.793 bits per heavy atom. The van der Waals surface area contributed by atoms with Crippen LogP contribution in [0.3, 0.4) is 0 Å². The van der Waals surface area contributed by atoms with Gasteiger partial charge in [0, 0.05) is 6.42 Å². The van der Waals surface area contributed by atoms with Crippen LogP contribution in [0, 0.1) is 0 Å². The molecule has 0 fully saturated rings. The largest absolute Gasteiger partial charge is 0.274 e. The molecule has 0 unspecified atom stereocenters. The molecule has 0 spiro atoms. The van der Waals surface area contributed by atoms with E-state index in [1.54, 1.807) is 12.1 Å². The monoisotopic (exact) mass is 426 g/mol. The second-order valence-electron chi connectivity index (χ2n) is 6.54. The second kappa shape index (κ2) is 9.76. The maximum Gasteiger partial charge on any atom is 0.264 e. The van der Waals surface area contributed by atoms with E-state index in [-0.39, 0.29) is 22.2 Å². The smallest absolute Gasteiger partial charge is 0.264 e. The van der Waals surface area contributed by atoms with Crippen LogP contribution in [0.4, 0.5) is 0 Å². The quantitative estimate of drug-likeness (QED) is 0.528. The Bertz CT molecular complexity index is 995. The van der Waals surface area contributed by atoms with Crippen LogP contribution in [0.15, 0.2) is 105 Å². The molecule has 3 rings (SSSR count). The zero-order valence-electron chi connectivity index (χ0n) is 16.2. The highest BCUT2D eigenvalue weighted by atomic mass is 32.2. The van der Waals surface area contributed by atoms with Crippen molar-refractivity contribution < 1.29 is 13.2 Å². The molecule has 3 aromatic carbocycles. The Morgan fingerprint density at radius 2 is 1.28 bits per heavy atom. The van der Waals surface area contributed by atoms with Crippen molar-refractivity contribution in [3.8, 4) is 0 Å². The van der Waals surface area contributed by atoms with Crippen molar-refractivity contribution >= 4 is 26.8 Å². The lowest BCUT2D eigenvalue weighted by atomic mass is 10.2. The molecular formula is C23H24NO3S2+. The van der Waals surface area contributed by atoms with Crippen LogP contribution < -0.4 is 4.72 Å². The number of rotatable bonds is 8. The van der Waals surface area contributed by atoms with Gasteiger partial charge in [-0.25, -0.2) is 13.1 Å². The Hall–Kier alpha value is -2.57. The van der Waals surface area contributed by atoms with Gasteiger partial charge in [0.2, 0.25) is 5.91 Å². The lowest BCUT2D eigenvalue weighted by molar-refractivity contribution is -0.119. The van der Waals surface area contributed by atoms with Gasteiger partial charge in [-0.3, -0.25) is 4.79 Å². The van der Waals surface area contributed by atoms with Crippen molar-refractivity contribution in [3.63, 3.8) is 0 Å². The fraction of sp³-hybridized carbons (Fsp3) is 0.174. The molecule has 0 aromatic heterocycles. The molecule has 1 amide bonds. The minimum absolute atomic E-state index is 0.0933. The third-order valence-electron chi connectivity index (χ3n) is 4.33. The second-order valence-corrected chi connectivity index (χ2v) is 10.2. The molecule has 1 N–H and O–H groups in total. The Balaban J connectivity index is 1.89. The standard InChI is InChI=1S/C23H23NO3S2/c1-2-3-14-23(25)24-29(26,27)22-17-15-21(16-18-22)28(19-10-6-4-7-11-19)20-12-8-5-9-13-20/h4-13,15-18H,2-3,14H2,1H3/p+1. The third kappa shape index (κ3) is 5.49. The summed E-state index contributed by atoms with van der Waals surface area (Å²) in [5.74, 6) is -0.468. The first-order valence-corrected chi connectivity index (χ1v) is 12.2. The van der Waals surface area contributed by atoms with Gasteiger partial charge in [-0.2, -0.15) is 0 Å². The number of unbranched alkanes of at least 4 members (excludes halogenated alkanes) is 1. The van der Waals surface area contributed by atoms with Gasteiger partial charge in [-0.1, -0.05) is 49.7 Å². The van der Waals surface area contributed by atoms with Crippen molar-refractivity contribution in [2.45, 2.75) is 45.8 Å². The number of carbonyl (C=O) groups excluding carboxylic acids is 1. The van der Waals surface area contributed by atoms with Crippen LogP contribution in [-0.2, 0) is 25.7 Å². The molecule has 0 saturated carbocycles. The van der Waals surface area contributed by atoms with E-state index < -0.39 is 15.9 Å². The molecule has 0 bridgehead atoms. The summed E-state index contributed by atoms with van der Waals surface area (Å²) >= 11 is 0. The van der Waals surface area contributed by atoms with E-state index in [0.717, 1.165) is 21.1 Å². The van der Waals surface area contributed by atoms with Crippen LogP contribution in [0.2, 0.25) is 0 Å². The minimum Gasteiger partial charge on any atom is -0.274 e. The number of amides is 1. The number of hydrogen-bond donors (Lipinski definition) is 1. The van der Waals surface area contributed by atoms with Crippen molar-refractivity contribution in [1.82, 2.24) is 4.72 Å². The Kier molecular flexibility index (Phi) is 7.12. The average molecular weight is 427 g/mol. The number of carbonyl (C=O) groups is 1. The summed E-state index contributed by atoms with van der Waals surface area (Å²) in [4.78, 5) is 15.3. The van der Waals surface area contributed by atoms with Gasteiger partial charge in [0.05, 0.1) is 15.8 Å². The zero-order valence-corrected chi connectivity index (χ0v) is 17.9. The normalized spacial score (nSPS) is 11.4. The molecule has 3 aromatic rings. The van der Waals surface area contributed by atoms with Crippen LogP contribution in [0.5, 0.6) is 0 Å². The van der Waals surface area contributed by atoms with E-state index in [2.05, 4.69) is 29.0 Å². The topological polar surface area (TPSA) is 63.2 Å². The molecule has 0 radical (unpaired) electrons. The van der Waals surface area contributed by atoms with Crippen molar-refractivity contribution in [2.75, 3.05) is 0 Å². The van der Waals surface area contributed by atoms with Gasteiger partial charge in [-0.05, 0) is 55.0 Å². The summed E-state index contributed by atoms with van der Waals surface area (Å²) in [7, 11) is -4.21. The molecule has 0 aliphatic rings. The maximum atomic E-state index is 12.5. The SMILES string of the molecule is CCCCC(=O)NS(=O)(=O)c1ccc([S+](c2ccccc2)c2ccccc2)cc1. The predicted molar refractivity (Wildman–Crippen MR) is 116 cm³/mol. The highest BCUT2D eigenvalue weighted by Crippen LogP contribution is 2.31. The first-order valence-electron chi connectivity index (χ1n) is 9.51. The number of sulfonamides is 1. The molecule has 0 heterocycles. The van der Waals surface area contributed by atoms with Gasteiger partial charge in [0.25, 0.3) is 10.0 Å². The van der Waals surface area contributed by atoms with Gasteiger partial charge < -0.3 is 0 Å². The minimum atomic E-state index is -3.86.